The molecule has 0 aliphatic heterocycles. The van der Waals surface area contributed by atoms with Crippen molar-refractivity contribution in [2.24, 2.45) is 0 Å². The highest BCUT2D eigenvalue weighted by Gasteiger charge is 2.17. The molecule has 0 aromatic rings. The monoisotopic (exact) mass is 237 g/mol. The number of amides is 1. The van der Waals surface area contributed by atoms with E-state index in [1.54, 1.807) is 20.8 Å². The lowest BCUT2D eigenvalue weighted by Gasteiger charge is -2.19. The van der Waals surface area contributed by atoms with Crippen LogP contribution >= 0.6 is 11.6 Å². The highest BCUT2D eigenvalue weighted by atomic mass is 35.5. The highest BCUT2D eigenvalue weighted by molar-refractivity contribution is 6.29. The van der Waals surface area contributed by atoms with Gasteiger partial charge < -0.3 is 15.2 Å². The van der Waals surface area contributed by atoms with Gasteiger partial charge in [-0.05, 0) is 27.2 Å². The normalized spacial score (nSPS) is 13.1. The summed E-state index contributed by atoms with van der Waals surface area (Å²) >= 11 is 5.44. The number of carbonyl (C=O) groups is 2. The molecule has 0 aromatic carbocycles. The molecule has 0 radical (unpaired) electrons. The molecule has 1 unspecified atom stereocenters. The molecule has 0 aliphatic rings. The molecular weight excluding hydrogens is 222 g/mol. The molecule has 88 valence electrons. The molecule has 2 N–H and O–H groups in total. The van der Waals surface area contributed by atoms with Gasteiger partial charge in [-0.15, -0.1) is 11.6 Å². The van der Waals surface area contributed by atoms with Crippen molar-refractivity contribution in [2.75, 3.05) is 6.54 Å². The van der Waals surface area contributed by atoms with Gasteiger partial charge in [-0.2, -0.15) is 0 Å². The largest absolute Gasteiger partial charge is 0.480 e. The van der Waals surface area contributed by atoms with Crippen LogP contribution in [0.25, 0.3) is 0 Å². The van der Waals surface area contributed by atoms with Crippen LogP contribution in [0.5, 0.6) is 0 Å². The van der Waals surface area contributed by atoms with E-state index in [2.05, 4.69) is 5.32 Å². The third-order valence-electron chi connectivity index (χ3n) is 1.33. The molecule has 0 bridgehead atoms. The molecule has 0 heterocycles. The van der Waals surface area contributed by atoms with E-state index in [0.29, 0.717) is 0 Å². The molecule has 0 fully saturated rings. The summed E-state index contributed by atoms with van der Waals surface area (Å²) in [4.78, 5) is 21.4. The predicted octanol–water partition coefficient (Wildman–Crippen LogP) is 1.59. The second-order valence-electron chi connectivity index (χ2n) is 4.02. The number of alkyl carbamates (subject to hydrolysis) is 1. The molecule has 0 aromatic heterocycles. The summed E-state index contributed by atoms with van der Waals surface area (Å²) in [7, 11) is 0. The van der Waals surface area contributed by atoms with Gasteiger partial charge in [0.25, 0.3) is 0 Å². The summed E-state index contributed by atoms with van der Waals surface area (Å²) in [6.45, 7) is 5.41. The summed E-state index contributed by atoms with van der Waals surface area (Å²) < 4.78 is 4.94. The first kappa shape index (κ1) is 14.0. The maximum atomic E-state index is 11.1. The van der Waals surface area contributed by atoms with Crippen LogP contribution in [0.1, 0.15) is 27.2 Å². The fraction of sp³-hybridized carbons (Fsp3) is 0.778. The van der Waals surface area contributed by atoms with Crippen LogP contribution in [0.3, 0.4) is 0 Å². The maximum absolute atomic E-state index is 11.1. The van der Waals surface area contributed by atoms with Gasteiger partial charge in [-0.1, -0.05) is 0 Å². The summed E-state index contributed by atoms with van der Waals surface area (Å²) in [5.74, 6) is -1.09. The van der Waals surface area contributed by atoms with E-state index in [0.717, 1.165) is 0 Å². The minimum Gasteiger partial charge on any atom is -0.480 e. The van der Waals surface area contributed by atoms with Gasteiger partial charge in [0.05, 0.1) is 0 Å². The first-order chi connectivity index (χ1) is 6.72. The Balaban J connectivity index is 3.69. The number of carboxylic acids is 1. The number of carbonyl (C=O) groups excluding carboxylic acids is 1. The standard InChI is InChI=1S/C9H16ClNO4/c1-9(2,3)15-8(14)11-5-4-6(10)7(12)13/h6H,4-5H2,1-3H3,(H,11,14)(H,12,13). The van der Waals surface area contributed by atoms with Gasteiger partial charge in [0.15, 0.2) is 0 Å². The van der Waals surface area contributed by atoms with Gasteiger partial charge in [0.2, 0.25) is 0 Å². The molecule has 0 saturated heterocycles. The van der Waals surface area contributed by atoms with E-state index in [9.17, 15) is 9.59 Å². The second kappa shape index (κ2) is 5.80. The molecule has 0 rings (SSSR count). The summed E-state index contributed by atoms with van der Waals surface area (Å²) in [5.41, 5.74) is -0.558. The molecule has 15 heavy (non-hydrogen) atoms. The number of carboxylic acid groups (broad SMARTS) is 1. The SMILES string of the molecule is CC(C)(C)OC(=O)NCCC(Cl)C(=O)O. The number of rotatable bonds is 4. The van der Waals surface area contributed by atoms with Crippen molar-refractivity contribution >= 4 is 23.7 Å². The zero-order chi connectivity index (χ0) is 12.1. The first-order valence-electron chi connectivity index (χ1n) is 4.56. The summed E-state index contributed by atoms with van der Waals surface area (Å²) in [6.07, 6.45) is -0.410. The van der Waals surface area contributed by atoms with E-state index in [4.69, 9.17) is 21.4 Å². The van der Waals surface area contributed by atoms with E-state index < -0.39 is 23.0 Å². The molecule has 1 amide bonds. The summed E-state index contributed by atoms with van der Waals surface area (Å²) in [5, 5.41) is 9.89. The zero-order valence-corrected chi connectivity index (χ0v) is 9.80. The summed E-state index contributed by atoms with van der Waals surface area (Å²) in [6, 6.07) is 0. The quantitative estimate of drug-likeness (QED) is 0.728. The van der Waals surface area contributed by atoms with Crippen molar-refractivity contribution in [2.45, 2.75) is 38.2 Å². The Morgan fingerprint density at radius 2 is 2.00 bits per heavy atom. The highest BCUT2D eigenvalue weighted by Crippen LogP contribution is 2.06. The molecule has 1 atom stereocenters. The Bertz CT molecular complexity index is 237. The van der Waals surface area contributed by atoms with E-state index in [1.807, 2.05) is 0 Å². The molecule has 0 aliphatic carbocycles. The number of hydrogen-bond donors (Lipinski definition) is 2. The smallest absolute Gasteiger partial charge is 0.407 e. The molecule has 5 nitrogen and oxygen atoms in total. The van der Waals surface area contributed by atoms with Crippen molar-refractivity contribution < 1.29 is 19.4 Å². The van der Waals surface area contributed by atoms with Crippen molar-refractivity contribution in [3.8, 4) is 0 Å². The number of alkyl halides is 1. The Labute approximate surface area is 93.7 Å². The van der Waals surface area contributed by atoms with Gasteiger partial charge in [0, 0.05) is 6.54 Å². The van der Waals surface area contributed by atoms with Crippen LogP contribution < -0.4 is 5.32 Å². The topological polar surface area (TPSA) is 75.6 Å². The lowest BCUT2D eigenvalue weighted by molar-refractivity contribution is -0.136. The van der Waals surface area contributed by atoms with Crippen molar-refractivity contribution in [1.82, 2.24) is 5.32 Å². The van der Waals surface area contributed by atoms with Crippen molar-refractivity contribution in [1.29, 1.82) is 0 Å². The van der Waals surface area contributed by atoms with E-state index in [1.165, 1.54) is 0 Å². The second-order valence-corrected chi connectivity index (χ2v) is 4.55. The lowest BCUT2D eigenvalue weighted by Crippen LogP contribution is -2.34. The average molecular weight is 238 g/mol. The lowest BCUT2D eigenvalue weighted by atomic mass is 10.2. The van der Waals surface area contributed by atoms with Crippen LogP contribution in [0.4, 0.5) is 4.79 Å². The van der Waals surface area contributed by atoms with Gasteiger partial charge in [-0.25, -0.2) is 4.79 Å². The molecule has 0 saturated carbocycles. The fourth-order valence-corrected chi connectivity index (χ4v) is 0.848. The third-order valence-corrected chi connectivity index (χ3v) is 1.74. The van der Waals surface area contributed by atoms with Crippen LogP contribution in [0, 0.1) is 0 Å². The number of nitrogens with one attached hydrogen (secondary N) is 1. The Hall–Kier alpha value is -0.970. The third kappa shape index (κ3) is 8.05. The van der Waals surface area contributed by atoms with Crippen LogP contribution in [0.2, 0.25) is 0 Å². The van der Waals surface area contributed by atoms with Gasteiger partial charge >= 0.3 is 12.1 Å². The van der Waals surface area contributed by atoms with Crippen molar-refractivity contribution in [3.05, 3.63) is 0 Å². The number of halogens is 1. The van der Waals surface area contributed by atoms with Crippen molar-refractivity contribution in [3.63, 3.8) is 0 Å². The molecular formula is C9H16ClNO4. The van der Waals surface area contributed by atoms with Crippen LogP contribution in [-0.4, -0.2) is 34.7 Å². The number of ether oxygens (including phenoxy) is 1. The molecule has 6 heteroatoms. The average Bonchev–Trinajstić information content (AvgIpc) is 2.00. The molecule has 0 spiro atoms. The Morgan fingerprint density at radius 3 is 2.40 bits per heavy atom. The van der Waals surface area contributed by atoms with E-state index >= 15 is 0 Å². The van der Waals surface area contributed by atoms with Crippen LogP contribution in [0.15, 0.2) is 0 Å². The van der Waals surface area contributed by atoms with Crippen LogP contribution in [-0.2, 0) is 9.53 Å². The Kier molecular flexibility index (Phi) is 5.43. The first-order valence-corrected chi connectivity index (χ1v) is 5.00. The van der Waals surface area contributed by atoms with Gasteiger partial charge in [0.1, 0.15) is 11.0 Å². The van der Waals surface area contributed by atoms with E-state index in [-0.39, 0.29) is 13.0 Å². The predicted molar refractivity (Wildman–Crippen MR) is 56.1 cm³/mol. The van der Waals surface area contributed by atoms with Gasteiger partial charge in [-0.3, -0.25) is 4.79 Å². The maximum Gasteiger partial charge on any atom is 0.407 e. The minimum atomic E-state index is -1.09. The zero-order valence-electron chi connectivity index (χ0n) is 9.04. The minimum absolute atomic E-state index is 0.163. The Morgan fingerprint density at radius 1 is 1.47 bits per heavy atom. The number of hydrogen-bond acceptors (Lipinski definition) is 3. The number of aliphatic carboxylic acids is 1. The fourth-order valence-electron chi connectivity index (χ4n) is 0.739.